The Kier molecular flexibility index (Phi) is 7.09. The van der Waals surface area contributed by atoms with Gasteiger partial charge in [-0.15, -0.1) is 0 Å². The zero-order valence-electron chi connectivity index (χ0n) is 12.0. The molecule has 0 aromatic heterocycles. The molecule has 0 bridgehead atoms. The quantitative estimate of drug-likeness (QED) is 0.692. The Morgan fingerprint density at radius 3 is 2.71 bits per heavy atom. The van der Waals surface area contributed by atoms with Crippen LogP contribution >= 0.6 is 0 Å². The van der Waals surface area contributed by atoms with Crippen molar-refractivity contribution in [3.63, 3.8) is 0 Å². The van der Waals surface area contributed by atoms with Gasteiger partial charge in [-0.25, -0.2) is 0 Å². The Morgan fingerprint density at radius 2 is 2.06 bits per heavy atom. The van der Waals surface area contributed by atoms with Crippen LogP contribution in [0.4, 0.5) is 0 Å². The largest absolute Gasteiger partial charge is 0.376 e. The second-order valence-electron chi connectivity index (χ2n) is 5.90. The number of hydrogen-bond acceptors (Lipinski definition) is 3. The minimum Gasteiger partial charge on any atom is -0.376 e. The summed E-state index contributed by atoms with van der Waals surface area (Å²) in [5, 5.41) is 3.46. The zero-order valence-corrected chi connectivity index (χ0v) is 12.0. The lowest BCUT2D eigenvalue weighted by molar-refractivity contribution is -0.0357. The van der Waals surface area contributed by atoms with Gasteiger partial charge in [0.25, 0.3) is 0 Å². The van der Waals surface area contributed by atoms with Crippen LogP contribution < -0.4 is 5.32 Å². The van der Waals surface area contributed by atoms with Crippen LogP contribution in [0.15, 0.2) is 0 Å². The Labute approximate surface area is 107 Å². The molecule has 0 saturated carbocycles. The first-order chi connectivity index (χ1) is 8.08. The van der Waals surface area contributed by atoms with Crippen LogP contribution in [0.25, 0.3) is 0 Å². The average Bonchev–Trinajstić information content (AvgIpc) is 2.24. The predicted molar refractivity (Wildman–Crippen MR) is 73.4 cm³/mol. The van der Waals surface area contributed by atoms with Gasteiger partial charge >= 0.3 is 0 Å². The number of nitrogens with zero attached hydrogens (tertiary/aromatic N) is 1. The van der Waals surface area contributed by atoms with Gasteiger partial charge < -0.3 is 10.1 Å². The maximum atomic E-state index is 5.83. The summed E-state index contributed by atoms with van der Waals surface area (Å²) in [6.07, 6.45) is 2.86. The van der Waals surface area contributed by atoms with E-state index in [2.05, 4.69) is 37.9 Å². The molecule has 1 rings (SSSR count). The summed E-state index contributed by atoms with van der Waals surface area (Å²) < 4.78 is 5.83. The van der Waals surface area contributed by atoms with Crippen molar-refractivity contribution in [1.29, 1.82) is 0 Å². The summed E-state index contributed by atoms with van der Waals surface area (Å²) in [5.74, 6) is 0.761. The summed E-state index contributed by atoms with van der Waals surface area (Å²) in [6, 6.07) is 0.597. The Balaban J connectivity index is 2.12. The molecule has 0 amide bonds. The summed E-state index contributed by atoms with van der Waals surface area (Å²) in [5.41, 5.74) is 0. The Hall–Kier alpha value is -0.120. The van der Waals surface area contributed by atoms with Crippen molar-refractivity contribution in [2.75, 3.05) is 32.8 Å². The van der Waals surface area contributed by atoms with E-state index in [1.165, 1.54) is 19.4 Å². The number of nitrogens with one attached hydrogen (secondary N) is 1. The minimum atomic E-state index is 0.455. The number of ether oxygens (including phenoxy) is 1. The van der Waals surface area contributed by atoms with E-state index in [-0.39, 0.29) is 0 Å². The van der Waals surface area contributed by atoms with Crippen LogP contribution in [-0.2, 0) is 4.74 Å². The number of hydrogen-bond donors (Lipinski definition) is 1. The van der Waals surface area contributed by atoms with E-state index in [1.807, 2.05) is 0 Å². The van der Waals surface area contributed by atoms with Crippen molar-refractivity contribution >= 4 is 0 Å². The monoisotopic (exact) mass is 242 g/mol. The lowest BCUT2D eigenvalue weighted by Crippen LogP contribution is -2.44. The van der Waals surface area contributed by atoms with Crippen LogP contribution in [-0.4, -0.2) is 49.8 Å². The smallest absolute Gasteiger partial charge is 0.0703 e. The maximum absolute atomic E-state index is 5.83. The van der Waals surface area contributed by atoms with Gasteiger partial charge in [0.15, 0.2) is 0 Å². The van der Waals surface area contributed by atoms with Crippen molar-refractivity contribution < 1.29 is 4.74 Å². The molecule has 0 radical (unpaired) electrons. The molecule has 1 unspecified atom stereocenters. The highest BCUT2D eigenvalue weighted by atomic mass is 16.5. The Bertz CT molecular complexity index is 195. The fourth-order valence-corrected chi connectivity index (χ4v) is 2.36. The normalized spacial score (nSPS) is 22.6. The molecular formula is C14H30N2O. The molecule has 1 saturated heterocycles. The van der Waals surface area contributed by atoms with E-state index in [0.29, 0.717) is 12.1 Å². The molecule has 1 aliphatic heterocycles. The summed E-state index contributed by atoms with van der Waals surface area (Å²) in [7, 11) is 0. The number of rotatable bonds is 7. The van der Waals surface area contributed by atoms with Gasteiger partial charge in [0.2, 0.25) is 0 Å². The van der Waals surface area contributed by atoms with E-state index in [1.54, 1.807) is 0 Å². The fourth-order valence-electron chi connectivity index (χ4n) is 2.36. The van der Waals surface area contributed by atoms with Gasteiger partial charge in [0.1, 0.15) is 0 Å². The Morgan fingerprint density at radius 1 is 1.29 bits per heavy atom. The van der Waals surface area contributed by atoms with Crippen LogP contribution in [0.5, 0.6) is 0 Å². The molecule has 0 aromatic carbocycles. The lowest BCUT2D eigenvalue weighted by atomic mass is 10.1. The summed E-state index contributed by atoms with van der Waals surface area (Å²) in [6.45, 7) is 14.4. The van der Waals surface area contributed by atoms with E-state index in [0.717, 1.165) is 32.2 Å². The highest BCUT2D eigenvalue weighted by molar-refractivity contribution is 4.72. The molecule has 3 nitrogen and oxygen atoms in total. The third kappa shape index (κ3) is 7.02. The second kappa shape index (κ2) is 8.06. The summed E-state index contributed by atoms with van der Waals surface area (Å²) in [4.78, 5) is 2.55. The highest BCUT2D eigenvalue weighted by Gasteiger charge is 2.20. The molecule has 1 fully saturated rings. The topological polar surface area (TPSA) is 24.5 Å². The SMILES string of the molecule is CC(C)CN1CCOC(CCCNC(C)C)C1. The van der Waals surface area contributed by atoms with E-state index >= 15 is 0 Å². The van der Waals surface area contributed by atoms with E-state index in [4.69, 9.17) is 4.74 Å². The van der Waals surface area contributed by atoms with Crippen molar-refractivity contribution in [3.05, 3.63) is 0 Å². The molecule has 0 spiro atoms. The minimum absolute atomic E-state index is 0.455. The molecule has 0 aliphatic carbocycles. The van der Waals surface area contributed by atoms with Crippen LogP contribution in [0.1, 0.15) is 40.5 Å². The van der Waals surface area contributed by atoms with Gasteiger partial charge in [-0.05, 0) is 25.3 Å². The first kappa shape index (κ1) is 14.9. The molecule has 3 heteroatoms. The van der Waals surface area contributed by atoms with Crippen LogP contribution in [0.2, 0.25) is 0 Å². The highest BCUT2D eigenvalue weighted by Crippen LogP contribution is 2.11. The van der Waals surface area contributed by atoms with Gasteiger partial charge in [0, 0.05) is 25.7 Å². The van der Waals surface area contributed by atoms with Gasteiger partial charge in [0.05, 0.1) is 12.7 Å². The van der Waals surface area contributed by atoms with Gasteiger partial charge in [-0.2, -0.15) is 0 Å². The van der Waals surface area contributed by atoms with E-state index in [9.17, 15) is 0 Å². The van der Waals surface area contributed by atoms with Crippen molar-refractivity contribution in [2.45, 2.75) is 52.7 Å². The van der Waals surface area contributed by atoms with Crippen LogP contribution in [0, 0.1) is 5.92 Å². The molecule has 1 aliphatic rings. The van der Waals surface area contributed by atoms with Gasteiger partial charge in [-0.3, -0.25) is 4.90 Å². The van der Waals surface area contributed by atoms with E-state index < -0.39 is 0 Å². The molecular weight excluding hydrogens is 212 g/mol. The zero-order chi connectivity index (χ0) is 12.7. The van der Waals surface area contributed by atoms with Crippen LogP contribution in [0.3, 0.4) is 0 Å². The van der Waals surface area contributed by atoms with Crippen molar-refractivity contribution in [1.82, 2.24) is 10.2 Å². The molecule has 0 aromatic rings. The standard InChI is InChI=1S/C14H30N2O/c1-12(2)10-16-8-9-17-14(11-16)6-5-7-15-13(3)4/h12-15H,5-11H2,1-4H3. The summed E-state index contributed by atoms with van der Waals surface area (Å²) >= 11 is 0. The predicted octanol–water partition coefficient (Wildman–Crippen LogP) is 2.12. The fraction of sp³-hybridized carbons (Fsp3) is 1.00. The average molecular weight is 242 g/mol. The molecule has 102 valence electrons. The first-order valence-corrected chi connectivity index (χ1v) is 7.15. The second-order valence-corrected chi connectivity index (χ2v) is 5.90. The number of morpholine rings is 1. The van der Waals surface area contributed by atoms with Crippen molar-refractivity contribution in [2.24, 2.45) is 5.92 Å². The first-order valence-electron chi connectivity index (χ1n) is 7.15. The third-order valence-corrected chi connectivity index (χ3v) is 3.10. The van der Waals surface area contributed by atoms with Crippen molar-refractivity contribution in [3.8, 4) is 0 Å². The molecule has 1 N–H and O–H groups in total. The molecule has 1 atom stereocenters. The molecule has 1 heterocycles. The molecule has 17 heavy (non-hydrogen) atoms. The lowest BCUT2D eigenvalue weighted by Gasteiger charge is -2.34. The van der Waals surface area contributed by atoms with Gasteiger partial charge in [-0.1, -0.05) is 27.7 Å². The maximum Gasteiger partial charge on any atom is 0.0703 e. The third-order valence-electron chi connectivity index (χ3n) is 3.10.